The number of likely N-dealkylation sites (tertiary alicyclic amines) is 1. The second kappa shape index (κ2) is 11.3. The molecule has 2 heterocycles. The lowest BCUT2D eigenvalue weighted by Crippen LogP contribution is -2.66. The van der Waals surface area contributed by atoms with Crippen molar-refractivity contribution in [1.82, 2.24) is 14.7 Å². The predicted molar refractivity (Wildman–Crippen MR) is 148 cm³/mol. The van der Waals surface area contributed by atoms with Crippen molar-refractivity contribution in [1.29, 1.82) is 0 Å². The SMILES string of the molecule is CCN(Cc1ccccc1Cl)C(=O)N1C2CCCC1CN(C(=O)N(c1ccccc1)c1ccccc1)C2. The van der Waals surface area contributed by atoms with Crippen LogP contribution in [0.1, 0.15) is 31.7 Å². The fourth-order valence-corrected chi connectivity index (χ4v) is 5.75. The van der Waals surface area contributed by atoms with Crippen LogP contribution in [0.3, 0.4) is 0 Å². The van der Waals surface area contributed by atoms with Crippen LogP contribution in [0.5, 0.6) is 0 Å². The molecule has 0 radical (unpaired) electrons. The highest BCUT2D eigenvalue weighted by Gasteiger charge is 2.43. The van der Waals surface area contributed by atoms with Gasteiger partial charge in [-0.2, -0.15) is 0 Å². The number of fused-ring (bicyclic) bond motifs is 2. The van der Waals surface area contributed by atoms with E-state index < -0.39 is 0 Å². The van der Waals surface area contributed by atoms with Gasteiger partial charge in [-0.25, -0.2) is 9.59 Å². The molecule has 2 unspecified atom stereocenters. The van der Waals surface area contributed by atoms with E-state index in [-0.39, 0.29) is 24.1 Å². The maximum absolute atomic E-state index is 14.0. The van der Waals surface area contributed by atoms with Crippen LogP contribution in [0.25, 0.3) is 0 Å². The third-order valence-electron chi connectivity index (χ3n) is 7.41. The fourth-order valence-electron chi connectivity index (χ4n) is 5.55. The van der Waals surface area contributed by atoms with Gasteiger partial charge >= 0.3 is 12.1 Å². The summed E-state index contributed by atoms with van der Waals surface area (Å²) >= 11 is 6.40. The average molecular weight is 517 g/mol. The lowest BCUT2D eigenvalue weighted by molar-refractivity contribution is 0.0214. The van der Waals surface area contributed by atoms with Crippen molar-refractivity contribution in [3.05, 3.63) is 95.5 Å². The van der Waals surface area contributed by atoms with Gasteiger partial charge in [0.1, 0.15) is 0 Å². The molecule has 3 aromatic carbocycles. The lowest BCUT2D eigenvalue weighted by Gasteiger charge is -2.51. The summed E-state index contributed by atoms with van der Waals surface area (Å²) in [7, 11) is 0. The first-order valence-corrected chi connectivity index (χ1v) is 13.4. The molecular weight excluding hydrogens is 484 g/mol. The minimum atomic E-state index is -0.0511. The van der Waals surface area contributed by atoms with E-state index in [9.17, 15) is 9.59 Å². The van der Waals surface area contributed by atoms with Crippen molar-refractivity contribution >= 4 is 35.0 Å². The minimum Gasteiger partial charge on any atom is -0.321 e. The lowest BCUT2D eigenvalue weighted by atomic mass is 9.91. The molecule has 2 atom stereocenters. The number of piperidine rings is 1. The zero-order valence-corrected chi connectivity index (χ0v) is 21.9. The van der Waals surface area contributed by atoms with Crippen LogP contribution in [0, 0.1) is 0 Å². The first kappa shape index (κ1) is 25.2. The molecule has 2 aliphatic rings. The third kappa shape index (κ3) is 5.30. The van der Waals surface area contributed by atoms with Crippen molar-refractivity contribution in [2.45, 2.75) is 44.8 Å². The number of hydrogen-bond acceptors (Lipinski definition) is 2. The van der Waals surface area contributed by atoms with E-state index in [4.69, 9.17) is 11.6 Å². The van der Waals surface area contributed by atoms with Gasteiger partial charge in [-0.15, -0.1) is 0 Å². The van der Waals surface area contributed by atoms with Crippen LogP contribution in [0.2, 0.25) is 5.02 Å². The highest BCUT2D eigenvalue weighted by molar-refractivity contribution is 6.31. The Bertz CT molecular complexity index is 1170. The van der Waals surface area contributed by atoms with Crippen molar-refractivity contribution in [2.24, 2.45) is 0 Å². The molecule has 2 bridgehead atoms. The highest BCUT2D eigenvalue weighted by Crippen LogP contribution is 2.33. The molecule has 6 nitrogen and oxygen atoms in total. The number of urea groups is 2. The number of piperazine rings is 1. The average Bonchev–Trinajstić information content (AvgIpc) is 2.93. The Hall–Kier alpha value is -3.51. The van der Waals surface area contributed by atoms with E-state index in [1.54, 1.807) is 4.90 Å². The summed E-state index contributed by atoms with van der Waals surface area (Å²) in [6.07, 6.45) is 2.86. The van der Waals surface area contributed by atoms with Crippen LogP contribution in [0.15, 0.2) is 84.9 Å². The van der Waals surface area contributed by atoms with E-state index >= 15 is 0 Å². The molecule has 0 aliphatic carbocycles. The van der Waals surface area contributed by atoms with Crippen molar-refractivity contribution in [2.75, 3.05) is 24.5 Å². The number of anilines is 2. The molecule has 0 saturated carbocycles. The van der Waals surface area contributed by atoms with Gasteiger partial charge in [0.15, 0.2) is 0 Å². The quantitative estimate of drug-likeness (QED) is 0.375. The third-order valence-corrected chi connectivity index (χ3v) is 7.78. The molecule has 5 rings (SSSR count). The Morgan fingerprint density at radius 1 is 0.811 bits per heavy atom. The number of halogens is 1. The Kier molecular flexibility index (Phi) is 7.65. The number of amides is 4. The predicted octanol–water partition coefficient (Wildman–Crippen LogP) is 6.78. The second-order valence-corrected chi connectivity index (χ2v) is 10.1. The monoisotopic (exact) mass is 516 g/mol. The first-order valence-electron chi connectivity index (χ1n) is 13.1. The number of rotatable bonds is 5. The van der Waals surface area contributed by atoms with Crippen molar-refractivity contribution in [3.8, 4) is 0 Å². The van der Waals surface area contributed by atoms with Crippen molar-refractivity contribution in [3.63, 3.8) is 0 Å². The molecule has 37 heavy (non-hydrogen) atoms. The summed E-state index contributed by atoms with van der Waals surface area (Å²) in [4.78, 5) is 35.4. The minimum absolute atomic E-state index is 0.00218. The van der Waals surface area contributed by atoms with Gasteiger partial charge in [-0.05, 0) is 62.1 Å². The molecule has 2 fully saturated rings. The van der Waals surface area contributed by atoms with Crippen molar-refractivity contribution < 1.29 is 9.59 Å². The summed E-state index contributed by atoms with van der Waals surface area (Å²) in [5, 5.41) is 0.672. The molecule has 3 aromatic rings. The van der Waals surface area contributed by atoms with Gasteiger partial charge in [0.05, 0.1) is 23.5 Å². The summed E-state index contributed by atoms with van der Waals surface area (Å²) in [6, 6.07) is 27.2. The maximum atomic E-state index is 14.0. The smallest absolute Gasteiger partial charge is 0.321 e. The zero-order valence-electron chi connectivity index (χ0n) is 21.2. The van der Waals surface area contributed by atoms with Gasteiger partial charge in [0.25, 0.3) is 0 Å². The maximum Gasteiger partial charge on any atom is 0.329 e. The first-order chi connectivity index (χ1) is 18.1. The van der Waals surface area contributed by atoms with E-state index in [1.165, 1.54) is 0 Å². The molecule has 0 N–H and O–H groups in total. The van der Waals surface area contributed by atoms with E-state index in [0.29, 0.717) is 31.2 Å². The second-order valence-electron chi connectivity index (χ2n) is 9.73. The zero-order chi connectivity index (χ0) is 25.8. The van der Waals surface area contributed by atoms with Crippen LogP contribution < -0.4 is 4.90 Å². The molecular formula is C30H33ClN4O2. The number of benzene rings is 3. The molecule has 2 aliphatic heterocycles. The van der Waals surface area contributed by atoms with Gasteiger partial charge in [-0.3, -0.25) is 4.90 Å². The highest BCUT2D eigenvalue weighted by atomic mass is 35.5. The Balaban J connectivity index is 1.36. The fraction of sp³-hybridized carbons (Fsp3) is 0.333. The van der Waals surface area contributed by atoms with E-state index in [1.807, 2.05) is 107 Å². The summed E-state index contributed by atoms with van der Waals surface area (Å²) in [5.74, 6) is 0. The van der Waals surface area contributed by atoms with Crippen LogP contribution in [-0.4, -0.2) is 58.5 Å². The van der Waals surface area contributed by atoms with Crippen LogP contribution in [0.4, 0.5) is 21.0 Å². The van der Waals surface area contributed by atoms with Crippen LogP contribution in [-0.2, 0) is 6.54 Å². The normalized spacial score (nSPS) is 18.9. The summed E-state index contributed by atoms with van der Waals surface area (Å²) in [6.45, 7) is 4.13. The number of nitrogens with zero attached hydrogens (tertiary/aromatic N) is 4. The van der Waals surface area contributed by atoms with E-state index in [2.05, 4.69) is 0 Å². The Morgan fingerprint density at radius 2 is 1.35 bits per heavy atom. The summed E-state index contributed by atoms with van der Waals surface area (Å²) in [5.41, 5.74) is 2.61. The molecule has 2 saturated heterocycles. The topological polar surface area (TPSA) is 47.1 Å². The van der Waals surface area contributed by atoms with E-state index in [0.717, 1.165) is 36.2 Å². The summed E-state index contributed by atoms with van der Waals surface area (Å²) < 4.78 is 0. The standard InChI is InChI=1S/C30H33ClN4O2/c1-2-32(20-23-12-9-10-19-28(23)31)29(36)35-26-17-11-18-27(35)22-33(21-26)30(37)34(24-13-5-3-6-14-24)25-15-7-4-8-16-25/h3-10,12-16,19,26-27H,2,11,17-18,20-22H2,1H3. The number of para-hydroxylation sites is 2. The molecule has 0 spiro atoms. The van der Waals surface area contributed by atoms with Crippen LogP contribution >= 0.6 is 11.6 Å². The van der Waals surface area contributed by atoms with Gasteiger partial charge in [0.2, 0.25) is 0 Å². The Morgan fingerprint density at radius 3 is 1.89 bits per heavy atom. The van der Waals surface area contributed by atoms with Gasteiger partial charge < -0.3 is 14.7 Å². The number of carbonyl (C=O) groups is 2. The van der Waals surface area contributed by atoms with Gasteiger partial charge in [0, 0.05) is 31.2 Å². The van der Waals surface area contributed by atoms with Gasteiger partial charge in [-0.1, -0.05) is 66.2 Å². The largest absolute Gasteiger partial charge is 0.329 e. The molecule has 7 heteroatoms. The number of hydrogen-bond donors (Lipinski definition) is 0. The molecule has 0 aromatic heterocycles. The molecule has 192 valence electrons. The Labute approximate surface area is 224 Å². The molecule has 4 amide bonds. The number of carbonyl (C=O) groups excluding carboxylic acids is 2.